The zero-order chi connectivity index (χ0) is 10.2. The number of sulfonamides is 1. The number of nitrogens with one attached hydrogen (secondary N) is 1. The van der Waals surface area contributed by atoms with Gasteiger partial charge in [-0.1, -0.05) is 0 Å². The molecule has 13 heavy (non-hydrogen) atoms. The largest absolute Gasteiger partial charge is 0.215 e. The maximum Gasteiger partial charge on any atom is 0.211 e. The molecule has 0 bridgehead atoms. The molecule has 0 heterocycles. The van der Waals surface area contributed by atoms with E-state index >= 15 is 0 Å². The van der Waals surface area contributed by atoms with Crippen LogP contribution in [0.15, 0.2) is 0 Å². The molecule has 0 spiro atoms. The van der Waals surface area contributed by atoms with Crippen LogP contribution < -0.4 is 4.72 Å². The lowest BCUT2D eigenvalue weighted by Gasteiger charge is -2.03. The Hall–Kier alpha value is -0.240. The Balaban J connectivity index is 3.59. The maximum absolute atomic E-state index is 11.1. The third-order valence-corrected chi connectivity index (χ3v) is 3.10. The van der Waals surface area contributed by atoms with E-state index in [1.807, 2.05) is 0 Å². The lowest BCUT2D eigenvalue weighted by Crippen LogP contribution is -2.27. The van der Waals surface area contributed by atoms with Gasteiger partial charge < -0.3 is 0 Å². The van der Waals surface area contributed by atoms with Crippen molar-refractivity contribution in [3.63, 3.8) is 0 Å². The summed E-state index contributed by atoms with van der Waals surface area (Å²) < 4.78 is 24.7. The molecule has 0 saturated heterocycles. The Kier molecular flexibility index (Phi) is 7.06. The molecule has 0 amide bonds. The first kappa shape index (κ1) is 12.8. The first-order valence-corrected chi connectivity index (χ1v) is 6.28. The van der Waals surface area contributed by atoms with Gasteiger partial charge >= 0.3 is 0 Å². The highest BCUT2D eigenvalue weighted by atomic mass is 35.5. The van der Waals surface area contributed by atoms with Gasteiger partial charge in [-0.25, -0.2) is 13.1 Å². The molecule has 0 aromatic carbocycles. The SMILES string of the molecule is C#CCCCNS(=O)(=O)CCCCl. The predicted molar refractivity (Wildman–Crippen MR) is 55.2 cm³/mol. The lowest BCUT2D eigenvalue weighted by atomic mass is 10.3. The minimum absolute atomic E-state index is 0.0898. The number of terminal acetylenes is 1. The van der Waals surface area contributed by atoms with Crippen LogP contribution >= 0.6 is 11.6 Å². The van der Waals surface area contributed by atoms with Crippen molar-refractivity contribution >= 4 is 21.6 Å². The Bertz CT molecular complexity index is 256. The van der Waals surface area contributed by atoms with Gasteiger partial charge in [-0.3, -0.25) is 0 Å². The van der Waals surface area contributed by atoms with Crippen molar-refractivity contribution in [2.45, 2.75) is 19.3 Å². The third-order valence-electron chi connectivity index (χ3n) is 1.37. The number of hydrogen-bond acceptors (Lipinski definition) is 2. The zero-order valence-electron chi connectivity index (χ0n) is 7.42. The second-order valence-corrected chi connectivity index (χ2v) is 4.87. The highest BCUT2D eigenvalue weighted by Gasteiger charge is 2.07. The first-order valence-electron chi connectivity index (χ1n) is 4.09. The van der Waals surface area contributed by atoms with Crippen molar-refractivity contribution in [3.05, 3.63) is 0 Å². The van der Waals surface area contributed by atoms with Crippen LogP contribution in [0.1, 0.15) is 19.3 Å². The van der Waals surface area contributed by atoms with Crippen LogP contribution in [0.3, 0.4) is 0 Å². The van der Waals surface area contributed by atoms with Crippen molar-refractivity contribution in [2.24, 2.45) is 0 Å². The average Bonchev–Trinajstić information content (AvgIpc) is 2.09. The van der Waals surface area contributed by atoms with E-state index in [-0.39, 0.29) is 5.75 Å². The molecule has 0 aliphatic heterocycles. The summed E-state index contributed by atoms with van der Waals surface area (Å²) >= 11 is 5.37. The summed E-state index contributed by atoms with van der Waals surface area (Å²) in [6.45, 7) is 0.412. The van der Waals surface area contributed by atoms with Crippen LogP contribution in [0, 0.1) is 12.3 Å². The summed E-state index contributed by atoms with van der Waals surface area (Å²) in [6, 6.07) is 0. The lowest BCUT2D eigenvalue weighted by molar-refractivity contribution is 0.578. The molecule has 0 aliphatic carbocycles. The molecule has 76 valence electrons. The van der Waals surface area contributed by atoms with Crippen LogP contribution in [0.5, 0.6) is 0 Å². The summed E-state index contributed by atoms with van der Waals surface area (Å²) in [5.41, 5.74) is 0. The van der Waals surface area contributed by atoms with Crippen molar-refractivity contribution in [3.8, 4) is 12.3 Å². The second kappa shape index (κ2) is 7.19. The van der Waals surface area contributed by atoms with Crippen LogP contribution in [0.25, 0.3) is 0 Å². The van der Waals surface area contributed by atoms with Gasteiger partial charge in [-0.15, -0.1) is 23.9 Å². The molecule has 0 aliphatic rings. The van der Waals surface area contributed by atoms with E-state index in [2.05, 4.69) is 10.6 Å². The van der Waals surface area contributed by atoms with Gasteiger partial charge in [-0.2, -0.15) is 0 Å². The van der Waals surface area contributed by atoms with Crippen molar-refractivity contribution in [1.29, 1.82) is 0 Å². The number of alkyl halides is 1. The summed E-state index contributed by atoms with van der Waals surface area (Å²) in [5, 5.41) is 0. The fourth-order valence-corrected chi connectivity index (χ4v) is 2.15. The van der Waals surface area contributed by atoms with Gasteiger partial charge in [0.15, 0.2) is 0 Å². The topological polar surface area (TPSA) is 46.2 Å². The zero-order valence-corrected chi connectivity index (χ0v) is 9.00. The van der Waals surface area contributed by atoms with Gasteiger partial charge in [0, 0.05) is 18.8 Å². The van der Waals surface area contributed by atoms with E-state index in [4.69, 9.17) is 18.0 Å². The highest BCUT2D eigenvalue weighted by molar-refractivity contribution is 7.89. The summed E-state index contributed by atoms with van der Waals surface area (Å²) in [7, 11) is -3.13. The van der Waals surface area contributed by atoms with Crippen LogP contribution in [-0.4, -0.2) is 26.6 Å². The minimum Gasteiger partial charge on any atom is -0.215 e. The first-order chi connectivity index (χ1) is 6.12. The summed E-state index contributed by atoms with van der Waals surface area (Å²) in [5.74, 6) is 2.90. The van der Waals surface area contributed by atoms with E-state index in [1.165, 1.54) is 0 Å². The average molecular weight is 224 g/mol. The molecule has 0 saturated carbocycles. The molecule has 0 aromatic rings. The molecule has 0 fully saturated rings. The van der Waals surface area contributed by atoms with Gasteiger partial charge in [0.2, 0.25) is 10.0 Å². The number of halogens is 1. The van der Waals surface area contributed by atoms with E-state index < -0.39 is 10.0 Å². The predicted octanol–water partition coefficient (Wildman–Crippen LogP) is 0.948. The van der Waals surface area contributed by atoms with Crippen LogP contribution in [-0.2, 0) is 10.0 Å². The molecular formula is C8H14ClNO2S. The van der Waals surface area contributed by atoms with Gasteiger partial charge in [-0.05, 0) is 12.8 Å². The van der Waals surface area contributed by atoms with Gasteiger partial charge in [0.05, 0.1) is 5.75 Å². The minimum atomic E-state index is -3.13. The molecule has 0 unspecified atom stereocenters. The van der Waals surface area contributed by atoms with Gasteiger partial charge in [0.1, 0.15) is 0 Å². The Morgan fingerprint density at radius 2 is 2.08 bits per heavy atom. The quantitative estimate of drug-likeness (QED) is 0.397. The van der Waals surface area contributed by atoms with E-state index in [0.717, 1.165) is 0 Å². The smallest absolute Gasteiger partial charge is 0.211 e. The monoisotopic (exact) mass is 223 g/mol. The third kappa shape index (κ3) is 8.10. The molecule has 5 heteroatoms. The molecule has 0 radical (unpaired) electrons. The maximum atomic E-state index is 11.1. The van der Waals surface area contributed by atoms with Crippen LogP contribution in [0.2, 0.25) is 0 Å². The fourth-order valence-electron chi connectivity index (χ4n) is 0.735. The Morgan fingerprint density at radius 1 is 1.38 bits per heavy atom. The number of rotatable bonds is 7. The Labute approximate surface area is 84.9 Å². The summed E-state index contributed by atoms with van der Waals surface area (Å²) in [6.07, 6.45) is 6.76. The van der Waals surface area contributed by atoms with Crippen molar-refractivity contribution in [2.75, 3.05) is 18.2 Å². The molecule has 0 rings (SSSR count). The second-order valence-electron chi connectivity index (χ2n) is 2.56. The highest BCUT2D eigenvalue weighted by Crippen LogP contribution is 1.93. The molecule has 3 nitrogen and oxygen atoms in total. The normalized spacial score (nSPS) is 11.1. The van der Waals surface area contributed by atoms with Crippen molar-refractivity contribution in [1.82, 2.24) is 4.72 Å². The van der Waals surface area contributed by atoms with Gasteiger partial charge in [0.25, 0.3) is 0 Å². The van der Waals surface area contributed by atoms with Crippen molar-refractivity contribution < 1.29 is 8.42 Å². The molecule has 0 aromatic heterocycles. The standard InChI is InChI=1S/C8H14ClNO2S/c1-2-3-4-7-10-13(11,12)8-5-6-9/h1,10H,3-8H2. The molecular weight excluding hydrogens is 210 g/mol. The fraction of sp³-hybridized carbons (Fsp3) is 0.750. The van der Waals surface area contributed by atoms with E-state index in [1.54, 1.807) is 0 Å². The van der Waals surface area contributed by atoms with E-state index in [0.29, 0.717) is 31.7 Å². The molecule has 1 N–H and O–H groups in total. The number of unbranched alkanes of at least 4 members (excludes halogenated alkanes) is 1. The number of hydrogen-bond donors (Lipinski definition) is 1. The molecule has 0 atom stereocenters. The van der Waals surface area contributed by atoms with E-state index in [9.17, 15) is 8.42 Å². The van der Waals surface area contributed by atoms with Crippen LogP contribution in [0.4, 0.5) is 0 Å². The Morgan fingerprint density at radius 3 is 2.62 bits per heavy atom. The summed E-state index contributed by atoms with van der Waals surface area (Å²) in [4.78, 5) is 0.